The number of nitrogens with zero attached hydrogens (tertiary/aromatic N) is 2. The summed E-state index contributed by atoms with van der Waals surface area (Å²) in [5, 5.41) is 3.10. The van der Waals surface area contributed by atoms with Gasteiger partial charge in [-0.05, 0) is 33.6 Å². The van der Waals surface area contributed by atoms with E-state index in [0.717, 1.165) is 11.3 Å². The van der Waals surface area contributed by atoms with E-state index in [2.05, 4.69) is 10.3 Å². The molecule has 2 aromatic rings. The predicted octanol–water partition coefficient (Wildman–Crippen LogP) is 5.11. The summed E-state index contributed by atoms with van der Waals surface area (Å²) in [6.07, 6.45) is -4.42. The Morgan fingerprint density at radius 2 is 1.91 bits per heavy atom. The number of nitrogens with one attached hydrogen (secondary N) is 1. The lowest BCUT2D eigenvalue weighted by molar-refractivity contribution is -0.136. The topological polar surface area (TPSA) is 80.8 Å². The number of hydrogen-bond acceptors (Lipinski definition) is 6. The summed E-state index contributed by atoms with van der Waals surface area (Å²) in [6, 6.07) is 0. The highest BCUT2D eigenvalue weighted by Gasteiger charge is 2.55. The zero-order valence-corrected chi connectivity index (χ0v) is 20.0. The Hall–Kier alpha value is -2.27. The molecule has 0 aromatic carbocycles. The summed E-state index contributed by atoms with van der Waals surface area (Å²) in [5.41, 5.74) is -1.85. The molecule has 1 spiro atoms. The van der Waals surface area contributed by atoms with Crippen molar-refractivity contribution in [1.82, 2.24) is 15.2 Å². The van der Waals surface area contributed by atoms with Crippen LogP contribution in [-0.4, -0.2) is 53.7 Å². The number of likely N-dealkylation sites (tertiary alicyclic amines) is 1. The second-order valence-electron chi connectivity index (χ2n) is 9.49. The molecule has 1 saturated carbocycles. The molecule has 0 unspecified atom stereocenters. The average Bonchev–Trinajstić information content (AvgIpc) is 3.02. The summed E-state index contributed by atoms with van der Waals surface area (Å²) < 4.78 is 52.3. The molecule has 0 radical (unpaired) electrons. The molecule has 12 heteroatoms. The van der Waals surface area contributed by atoms with Crippen molar-refractivity contribution in [3.63, 3.8) is 0 Å². The minimum Gasteiger partial charge on any atom is -0.473 e. The van der Waals surface area contributed by atoms with Crippen LogP contribution < -0.4 is 10.1 Å². The Morgan fingerprint density at radius 1 is 1.27 bits per heavy atom. The third-order valence-electron chi connectivity index (χ3n) is 5.67. The Bertz CT molecular complexity index is 1110. The molecule has 1 N–H and O–H groups in total. The molecular formula is C21H23ClF3N3O4S. The lowest BCUT2D eigenvalue weighted by Gasteiger charge is -2.57. The van der Waals surface area contributed by atoms with Crippen LogP contribution in [0.2, 0.25) is 5.02 Å². The van der Waals surface area contributed by atoms with Crippen LogP contribution in [0.5, 0.6) is 5.88 Å². The number of carbonyl (C=O) groups excluding carboxylic acids is 2. The van der Waals surface area contributed by atoms with Crippen molar-refractivity contribution in [2.45, 2.75) is 51.5 Å². The van der Waals surface area contributed by atoms with E-state index in [1.807, 2.05) is 0 Å². The van der Waals surface area contributed by atoms with Gasteiger partial charge in [0.05, 0.1) is 21.3 Å². The van der Waals surface area contributed by atoms with Crippen LogP contribution in [0.15, 0.2) is 5.38 Å². The van der Waals surface area contributed by atoms with Gasteiger partial charge in [-0.25, -0.2) is 9.78 Å². The summed E-state index contributed by atoms with van der Waals surface area (Å²) in [6.45, 7) is 6.38. The second kappa shape index (κ2) is 7.90. The van der Waals surface area contributed by atoms with Gasteiger partial charge in [0.1, 0.15) is 16.7 Å². The lowest BCUT2D eigenvalue weighted by Crippen LogP contribution is -2.66. The maximum absolute atomic E-state index is 13.8. The second-order valence-corrected chi connectivity index (χ2v) is 10.8. The molecule has 180 valence electrons. The first-order valence-corrected chi connectivity index (χ1v) is 11.5. The van der Waals surface area contributed by atoms with Crippen LogP contribution in [0.3, 0.4) is 0 Å². The van der Waals surface area contributed by atoms with Crippen molar-refractivity contribution >= 4 is 45.2 Å². The van der Waals surface area contributed by atoms with Crippen molar-refractivity contribution in [2.75, 3.05) is 20.1 Å². The van der Waals surface area contributed by atoms with E-state index in [-0.39, 0.29) is 33.2 Å². The van der Waals surface area contributed by atoms with Crippen LogP contribution in [0.25, 0.3) is 10.2 Å². The molecule has 0 atom stereocenters. The fraction of sp³-hybridized carbons (Fsp3) is 0.571. The molecule has 2 amide bonds. The summed E-state index contributed by atoms with van der Waals surface area (Å²) >= 11 is 6.85. The van der Waals surface area contributed by atoms with E-state index in [9.17, 15) is 22.8 Å². The molecule has 2 fully saturated rings. The average molecular weight is 506 g/mol. The van der Waals surface area contributed by atoms with E-state index >= 15 is 0 Å². The van der Waals surface area contributed by atoms with Crippen LogP contribution in [0.4, 0.5) is 18.0 Å². The molecule has 2 aromatic heterocycles. The number of ether oxygens (including phenoxy) is 2. The highest BCUT2D eigenvalue weighted by atomic mass is 35.5. The van der Waals surface area contributed by atoms with E-state index in [4.69, 9.17) is 21.1 Å². The number of halogens is 4. The maximum Gasteiger partial charge on any atom is 0.419 e. The SMILES string of the molecule is CNC(=O)c1csc2c(C(F)(F)F)c(Cl)c(OC3CC4(C3)CN(C(=O)OC(C)(C)C)C4)nc12. The van der Waals surface area contributed by atoms with E-state index in [1.54, 1.807) is 25.7 Å². The van der Waals surface area contributed by atoms with Gasteiger partial charge in [-0.1, -0.05) is 11.6 Å². The van der Waals surface area contributed by atoms with E-state index in [0.29, 0.717) is 25.9 Å². The third kappa shape index (κ3) is 4.44. The van der Waals surface area contributed by atoms with Gasteiger partial charge < -0.3 is 19.7 Å². The van der Waals surface area contributed by atoms with Crippen LogP contribution in [0, 0.1) is 5.41 Å². The van der Waals surface area contributed by atoms with Gasteiger partial charge in [0.2, 0.25) is 5.88 Å². The maximum atomic E-state index is 13.8. The zero-order valence-electron chi connectivity index (χ0n) is 18.4. The van der Waals surface area contributed by atoms with Crippen molar-refractivity contribution in [3.8, 4) is 5.88 Å². The number of alkyl halides is 3. The Balaban J connectivity index is 1.51. The molecule has 1 aliphatic carbocycles. The van der Waals surface area contributed by atoms with Gasteiger partial charge in [-0.3, -0.25) is 4.79 Å². The summed E-state index contributed by atoms with van der Waals surface area (Å²) in [5.74, 6) is -0.891. The minimum absolute atomic E-state index is 0.0293. The van der Waals surface area contributed by atoms with Gasteiger partial charge in [0.25, 0.3) is 5.91 Å². The smallest absolute Gasteiger partial charge is 0.419 e. The van der Waals surface area contributed by atoms with Crippen molar-refractivity contribution in [1.29, 1.82) is 0 Å². The number of carbonyl (C=O) groups is 2. The first-order valence-electron chi connectivity index (χ1n) is 10.3. The standard InChI is InChI=1S/C21H23ClF3N3O4S/c1-19(2,3)32-18(30)28-8-20(9-28)5-10(6-20)31-17-13(22)12(21(23,24)25)15-14(27-17)11(7-33-15)16(29)26-4/h7,10H,5-6,8-9H2,1-4H3,(H,26,29). The number of aromatic nitrogens is 1. The quantitative estimate of drug-likeness (QED) is 0.627. The van der Waals surface area contributed by atoms with Crippen LogP contribution >= 0.6 is 22.9 Å². The molecule has 7 nitrogen and oxygen atoms in total. The number of pyridine rings is 1. The van der Waals surface area contributed by atoms with Gasteiger partial charge in [0.15, 0.2) is 0 Å². The largest absolute Gasteiger partial charge is 0.473 e. The normalized spacial score (nSPS) is 18.1. The fourth-order valence-corrected chi connectivity index (χ4v) is 5.65. The number of hydrogen-bond donors (Lipinski definition) is 1. The first kappa shape index (κ1) is 23.9. The van der Waals surface area contributed by atoms with Gasteiger partial charge in [-0.2, -0.15) is 13.2 Å². The number of thiophene rings is 1. The highest BCUT2D eigenvalue weighted by Crippen LogP contribution is 2.51. The molecule has 2 aliphatic rings. The van der Waals surface area contributed by atoms with E-state index < -0.39 is 34.4 Å². The van der Waals surface area contributed by atoms with Crippen molar-refractivity contribution in [2.24, 2.45) is 5.41 Å². The number of rotatable bonds is 3. The highest BCUT2D eigenvalue weighted by molar-refractivity contribution is 7.17. The predicted molar refractivity (Wildman–Crippen MR) is 117 cm³/mol. The molecule has 0 bridgehead atoms. The zero-order chi connectivity index (χ0) is 24.3. The fourth-order valence-electron chi connectivity index (χ4n) is 4.25. The van der Waals surface area contributed by atoms with Crippen molar-refractivity contribution < 1.29 is 32.2 Å². The number of fused-ring (bicyclic) bond motifs is 1. The summed E-state index contributed by atoms with van der Waals surface area (Å²) in [7, 11) is 1.39. The first-order chi connectivity index (χ1) is 15.2. The molecule has 1 aliphatic heterocycles. The van der Waals surface area contributed by atoms with Gasteiger partial charge in [-0.15, -0.1) is 11.3 Å². The molecular weight excluding hydrogens is 483 g/mol. The summed E-state index contributed by atoms with van der Waals surface area (Å²) in [4.78, 5) is 30.0. The Labute approximate surface area is 197 Å². The lowest BCUT2D eigenvalue weighted by atomic mass is 9.62. The molecule has 3 heterocycles. The van der Waals surface area contributed by atoms with E-state index in [1.165, 1.54) is 12.4 Å². The Morgan fingerprint density at radius 3 is 2.45 bits per heavy atom. The van der Waals surface area contributed by atoms with Crippen molar-refractivity contribution in [3.05, 3.63) is 21.5 Å². The minimum atomic E-state index is -4.75. The van der Waals surface area contributed by atoms with Gasteiger partial charge >= 0.3 is 12.3 Å². The monoisotopic (exact) mass is 505 g/mol. The van der Waals surface area contributed by atoms with Crippen LogP contribution in [-0.2, 0) is 10.9 Å². The molecule has 4 rings (SSSR count). The molecule has 33 heavy (non-hydrogen) atoms. The molecule has 1 saturated heterocycles. The van der Waals surface area contributed by atoms with Crippen LogP contribution in [0.1, 0.15) is 49.5 Å². The Kier molecular flexibility index (Phi) is 5.72. The number of amides is 2. The van der Waals surface area contributed by atoms with Gasteiger partial charge in [0, 0.05) is 30.9 Å². The third-order valence-corrected chi connectivity index (χ3v) is 7.01.